The van der Waals surface area contributed by atoms with Crippen LogP contribution in [0.5, 0.6) is 0 Å². The lowest BCUT2D eigenvalue weighted by molar-refractivity contribution is 0.723. The summed E-state index contributed by atoms with van der Waals surface area (Å²) in [4.78, 5) is 4.37. The van der Waals surface area contributed by atoms with Gasteiger partial charge in [-0.2, -0.15) is 0 Å². The Bertz CT molecular complexity index is 234. The number of rotatable bonds is 4. The fraction of sp³-hybridized carbons (Fsp3) is 0.667. The Labute approximate surface area is 82.8 Å². The molecule has 1 atom stereocenters. The van der Waals surface area contributed by atoms with E-state index in [-0.39, 0.29) is 5.38 Å². The van der Waals surface area contributed by atoms with E-state index in [2.05, 4.69) is 17.3 Å². The molecular formula is C9H14ClNS. The predicted octanol–water partition coefficient (Wildman–Crippen LogP) is 3.40. The molecule has 0 saturated heterocycles. The molecule has 0 radical (unpaired) electrons. The summed E-state index contributed by atoms with van der Waals surface area (Å²) in [6.07, 6.45) is 3.16. The highest BCUT2D eigenvalue weighted by Crippen LogP contribution is 2.16. The van der Waals surface area contributed by atoms with E-state index in [1.165, 1.54) is 5.01 Å². The lowest BCUT2D eigenvalue weighted by atomic mass is 10.2. The Kier molecular flexibility index (Phi) is 4.02. The Morgan fingerprint density at radius 2 is 2.42 bits per heavy atom. The van der Waals surface area contributed by atoms with Crippen LogP contribution in [0.1, 0.15) is 30.5 Å². The molecule has 1 rings (SSSR count). The van der Waals surface area contributed by atoms with Crippen LogP contribution in [-0.2, 0) is 6.42 Å². The number of aryl methyl sites for hydroxylation is 1. The molecule has 0 aliphatic rings. The van der Waals surface area contributed by atoms with Gasteiger partial charge in [0.05, 0.1) is 5.01 Å². The van der Waals surface area contributed by atoms with Gasteiger partial charge < -0.3 is 0 Å². The van der Waals surface area contributed by atoms with Crippen LogP contribution in [0.25, 0.3) is 0 Å². The minimum Gasteiger partial charge on any atom is -0.247 e. The van der Waals surface area contributed by atoms with Crippen LogP contribution in [0.3, 0.4) is 0 Å². The van der Waals surface area contributed by atoms with Crippen molar-refractivity contribution in [1.29, 1.82) is 0 Å². The number of nitrogens with zero attached hydrogens (tertiary/aromatic N) is 1. The molecule has 1 unspecified atom stereocenters. The molecule has 0 aromatic carbocycles. The van der Waals surface area contributed by atoms with Gasteiger partial charge in [-0.15, -0.1) is 22.9 Å². The molecule has 1 nitrogen and oxygen atoms in total. The first-order valence-electron chi connectivity index (χ1n) is 4.27. The summed E-state index contributed by atoms with van der Waals surface area (Å²) in [5, 5.41) is 3.51. The summed E-state index contributed by atoms with van der Waals surface area (Å²) in [7, 11) is 0. The number of alkyl halides is 1. The Morgan fingerprint density at radius 3 is 2.92 bits per heavy atom. The maximum atomic E-state index is 6.09. The van der Waals surface area contributed by atoms with Crippen LogP contribution in [0.15, 0.2) is 5.38 Å². The minimum atomic E-state index is 0.264. The average molecular weight is 204 g/mol. The van der Waals surface area contributed by atoms with Crippen molar-refractivity contribution in [2.75, 3.05) is 0 Å². The third-order valence-electron chi connectivity index (χ3n) is 1.66. The van der Waals surface area contributed by atoms with Crippen LogP contribution >= 0.6 is 22.9 Å². The predicted molar refractivity (Wildman–Crippen MR) is 55.1 cm³/mol. The van der Waals surface area contributed by atoms with E-state index in [0.717, 1.165) is 25.0 Å². The summed E-state index contributed by atoms with van der Waals surface area (Å²) < 4.78 is 0. The van der Waals surface area contributed by atoms with Crippen molar-refractivity contribution >= 4 is 22.9 Å². The molecule has 0 spiro atoms. The molecule has 12 heavy (non-hydrogen) atoms. The van der Waals surface area contributed by atoms with Gasteiger partial charge in [-0.05, 0) is 13.3 Å². The second kappa shape index (κ2) is 4.83. The highest BCUT2D eigenvalue weighted by Gasteiger charge is 2.06. The fourth-order valence-electron chi connectivity index (χ4n) is 1.10. The smallest absolute Gasteiger partial charge is 0.0942 e. The lowest BCUT2D eigenvalue weighted by Gasteiger charge is -2.03. The van der Waals surface area contributed by atoms with Gasteiger partial charge in [0.25, 0.3) is 0 Å². The van der Waals surface area contributed by atoms with Crippen molar-refractivity contribution in [3.63, 3.8) is 0 Å². The molecule has 0 aliphatic heterocycles. The molecule has 0 N–H and O–H groups in total. The van der Waals surface area contributed by atoms with Gasteiger partial charge in [0.15, 0.2) is 0 Å². The molecule has 1 aromatic rings. The summed E-state index contributed by atoms with van der Waals surface area (Å²) in [5.41, 5.74) is 1.11. The summed E-state index contributed by atoms with van der Waals surface area (Å²) in [6.45, 7) is 4.17. The summed E-state index contributed by atoms with van der Waals surface area (Å²) in [5.74, 6) is 0. The van der Waals surface area contributed by atoms with Gasteiger partial charge in [-0.1, -0.05) is 13.3 Å². The monoisotopic (exact) mass is 203 g/mol. The molecule has 0 amide bonds. The van der Waals surface area contributed by atoms with E-state index in [4.69, 9.17) is 11.6 Å². The maximum absolute atomic E-state index is 6.09. The zero-order valence-corrected chi connectivity index (χ0v) is 9.08. The highest BCUT2D eigenvalue weighted by atomic mass is 35.5. The van der Waals surface area contributed by atoms with E-state index in [1.54, 1.807) is 11.3 Å². The molecule has 68 valence electrons. The topological polar surface area (TPSA) is 12.9 Å². The van der Waals surface area contributed by atoms with Crippen LogP contribution in [0.2, 0.25) is 0 Å². The Hall–Kier alpha value is -0.0800. The van der Waals surface area contributed by atoms with Crippen LogP contribution in [-0.4, -0.2) is 10.4 Å². The zero-order chi connectivity index (χ0) is 8.97. The third kappa shape index (κ3) is 3.11. The van der Waals surface area contributed by atoms with Gasteiger partial charge in [0, 0.05) is 22.9 Å². The number of halogens is 1. The van der Waals surface area contributed by atoms with Gasteiger partial charge >= 0.3 is 0 Å². The molecule has 3 heteroatoms. The highest BCUT2D eigenvalue weighted by molar-refractivity contribution is 7.09. The van der Waals surface area contributed by atoms with E-state index in [9.17, 15) is 0 Å². The van der Waals surface area contributed by atoms with Crippen molar-refractivity contribution in [3.8, 4) is 0 Å². The lowest BCUT2D eigenvalue weighted by Crippen LogP contribution is -2.02. The number of hydrogen-bond donors (Lipinski definition) is 0. The Morgan fingerprint density at radius 1 is 1.67 bits per heavy atom. The summed E-state index contributed by atoms with van der Waals surface area (Å²) >= 11 is 7.80. The van der Waals surface area contributed by atoms with Gasteiger partial charge in [0.2, 0.25) is 0 Å². The third-order valence-corrected chi connectivity index (χ3v) is 3.03. The molecule has 1 heterocycles. The largest absolute Gasteiger partial charge is 0.247 e. The molecule has 0 fully saturated rings. The van der Waals surface area contributed by atoms with Crippen LogP contribution in [0, 0.1) is 6.92 Å². The first-order valence-corrected chi connectivity index (χ1v) is 5.59. The molecule has 1 aromatic heterocycles. The summed E-state index contributed by atoms with van der Waals surface area (Å²) in [6, 6.07) is 0. The first-order chi connectivity index (χ1) is 5.72. The number of hydrogen-bond acceptors (Lipinski definition) is 2. The van der Waals surface area contributed by atoms with Crippen molar-refractivity contribution in [2.45, 2.75) is 38.5 Å². The SMILES string of the molecule is CCCC(Cl)Cc1nc(C)cs1. The average Bonchev–Trinajstić information content (AvgIpc) is 2.36. The van der Waals surface area contributed by atoms with E-state index >= 15 is 0 Å². The number of aromatic nitrogens is 1. The normalized spacial score (nSPS) is 13.2. The molecular weight excluding hydrogens is 190 g/mol. The first kappa shape index (κ1) is 10.0. The zero-order valence-electron chi connectivity index (χ0n) is 7.51. The standard InChI is InChI=1S/C9H14ClNS/c1-3-4-8(10)5-9-11-7(2)6-12-9/h6,8H,3-5H2,1-2H3. The minimum absolute atomic E-state index is 0.264. The van der Waals surface area contributed by atoms with Crippen LogP contribution in [0.4, 0.5) is 0 Å². The van der Waals surface area contributed by atoms with Crippen molar-refractivity contribution in [1.82, 2.24) is 4.98 Å². The van der Waals surface area contributed by atoms with Crippen molar-refractivity contribution in [2.24, 2.45) is 0 Å². The van der Waals surface area contributed by atoms with Gasteiger partial charge in [-0.3, -0.25) is 0 Å². The number of thiazole rings is 1. The van der Waals surface area contributed by atoms with Crippen molar-refractivity contribution < 1.29 is 0 Å². The Balaban J connectivity index is 2.41. The molecule has 0 saturated carbocycles. The van der Waals surface area contributed by atoms with Crippen molar-refractivity contribution in [3.05, 3.63) is 16.1 Å². The van der Waals surface area contributed by atoms with E-state index in [0.29, 0.717) is 0 Å². The van der Waals surface area contributed by atoms with Gasteiger partial charge in [0.1, 0.15) is 0 Å². The second-order valence-electron chi connectivity index (χ2n) is 2.97. The van der Waals surface area contributed by atoms with E-state index < -0.39 is 0 Å². The molecule has 0 aliphatic carbocycles. The fourth-order valence-corrected chi connectivity index (χ4v) is 2.41. The quantitative estimate of drug-likeness (QED) is 0.684. The molecule has 0 bridgehead atoms. The van der Waals surface area contributed by atoms with Crippen LogP contribution < -0.4 is 0 Å². The van der Waals surface area contributed by atoms with E-state index in [1.807, 2.05) is 6.92 Å². The maximum Gasteiger partial charge on any atom is 0.0942 e. The van der Waals surface area contributed by atoms with Gasteiger partial charge in [-0.25, -0.2) is 4.98 Å². The second-order valence-corrected chi connectivity index (χ2v) is 4.53.